The van der Waals surface area contributed by atoms with Gasteiger partial charge >= 0.3 is 0 Å². The van der Waals surface area contributed by atoms with Crippen molar-refractivity contribution < 1.29 is 9.72 Å². The summed E-state index contributed by atoms with van der Waals surface area (Å²) in [6.45, 7) is 0. The Hall–Kier alpha value is -1.92. The molecule has 0 aliphatic heterocycles. The lowest BCUT2D eigenvalue weighted by molar-refractivity contribution is -0.384. The molecule has 0 aromatic heterocycles. The molecule has 2 aromatic carbocycles. The highest BCUT2D eigenvalue weighted by atomic mass is 79.9. The van der Waals surface area contributed by atoms with E-state index in [1.807, 2.05) is 0 Å². The fourth-order valence-electron chi connectivity index (χ4n) is 1.54. The summed E-state index contributed by atoms with van der Waals surface area (Å²) in [5, 5.41) is 13.7. The molecule has 0 radical (unpaired) electrons. The van der Waals surface area contributed by atoms with Gasteiger partial charge in [0.2, 0.25) is 0 Å². The van der Waals surface area contributed by atoms with Gasteiger partial charge in [0, 0.05) is 27.3 Å². The number of halogens is 2. The van der Waals surface area contributed by atoms with Crippen LogP contribution in [0.4, 0.5) is 11.4 Å². The molecule has 0 fully saturated rings. The van der Waals surface area contributed by atoms with Gasteiger partial charge in [-0.05, 0) is 46.3 Å². The van der Waals surface area contributed by atoms with Crippen molar-refractivity contribution in [2.45, 2.75) is 0 Å². The molecule has 5 nitrogen and oxygen atoms in total. The van der Waals surface area contributed by atoms with E-state index in [4.69, 9.17) is 11.6 Å². The molecular weight excluding hydrogens is 348 g/mol. The summed E-state index contributed by atoms with van der Waals surface area (Å²) < 4.78 is 0.574. The molecule has 1 N–H and O–H groups in total. The van der Waals surface area contributed by atoms with Gasteiger partial charge in [-0.2, -0.15) is 0 Å². The largest absolute Gasteiger partial charge is 0.322 e. The Bertz CT molecular complexity index is 674. The normalized spacial score (nSPS) is 10.1. The number of carbonyl (C=O) groups is 1. The summed E-state index contributed by atoms with van der Waals surface area (Å²) in [5.74, 6) is -0.331. The van der Waals surface area contributed by atoms with Crippen molar-refractivity contribution in [2.75, 3.05) is 5.32 Å². The zero-order chi connectivity index (χ0) is 14.7. The van der Waals surface area contributed by atoms with Crippen LogP contribution in [0, 0.1) is 10.1 Å². The van der Waals surface area contributed by atoms with Gasteiger partial charge in [0.25, 0.3) is 11.6 Å². The molecular formula is C13H8BrClN2O3. The van der Waals surface area contributed by atoms with Crippen molar-refractivity contribution in [1.29, 1.82) is 0 Å². The topological polar surface area (TPSA) is 72.2 Å². The van der Waals surface area contributed by atoms with Crippen molar-refractivity contribution in [3.05, 3.63) is 67.6 Å². The van der Waals surface area contributed by atoms with Gasteiger partial charge in [0.1, 0.15) is 0 Å². The molecule has 1 amide bonds. The standard InChI is InChI=1S/C13H8BrClN2O3/c14-12-7-8(15)1-6-11(12)13(18)16-9-2-4-10(5-3-9)17(19)20/h1-7H,(H,16,18). The Balaban J connectivity index is 2.17. The smallest absolute Gasteiger partial charge is 0.269 e. The van der Waals surface area contributed by atoms with Gasteiger partial charge in [-0.3, -0.25) is 14.9 Å². The molecule has 0 aliphatic rings. The van der Waals surface area contributed by atoms with E-state index in [2.05, 4.69) is 21.2 Å². The zero-order valence-corrected chi connectivity index (χ0v) is 12.3. The average Bonchev–Trinajstić information content (AvgIpc) is 2.39. The highest BCUT2D eigenvalue weighted by Gasteiger charge is 2.11. The van der Waals surface area contributed by atoms with E-state index in [0.29, 0.717) is 20.7 Å². The molecule has 2 aromatic rings. The molecule has 0 atom stereocenters. The van der Waals surface area contributed by atoms with Crippen LogP contribution in [-0.4, -0.2) is 10.8 Å². The van der Waals surface area contributed by atoms with Crippen LogP contribution in [0.3, 0.4) is 0 Å². The van der Waals surface area contributed by atoms with Crippen molar-refractivity contribution in [2.24, 2.45) is 0 Å². The quantitative estimate of drug-likeness (QED) is 0.660. The number of anilines is 1. The van der Waals surface area contributed by atoms with E-state index in [1.54, 1.807) is 18.2 Å². The SMILES string of the molecule is O=C(Nc1ccc([N+](=O)[O-])cc1)c1ccc(Cl)cc1Br. The molecule has 0 aliphatic carbocycles. The van der Waals surface area contributed by atoms with Crippen LogP contribution in [0.1, 0.15) is 10.4 Å². The third-order valence-electron chi connectivity index (χ3n) is 2.51. The summed E-state index contributed by atoms with van der Waals surface area (Å²) in [6.07, 6.45) is 0. The number of carbonyl (C=O) groups excluding carboxylic acids is 1. The summed E-state index contributed by atoms with van der Waals surface area (Å²) >= 11 is 9.06. The number of nitrogens with zero attached hydrogens (tertiary/aromatic N) is 1. The van der Waals surface area contributed by atoms with Crippen LogP contribution in [0.25, 0.3) is 0 Å². The monoisotopic (exact) mass is 354 g/mol. The first kappa shape index (κ1) is 14.5. The molecule has 0 spiro atoms. The third kappa shape index (κ3) is 3.34. The second kappa shape index (κ2) is 6.02. The predicted octanol–water partition coefficient (Wildman–Crippen LogP) is 4.26. The lowest BCUT2D eigenvalue weighted by Crippen LogP contribution is -2.12. The predicted molar refractivity (Wildman–Crippen MR) is 80.2 cm³/mol. The molecule has 0 bridgehead atoms. The molecule has 0 unspecified atom stereocenters. The first-order chi connectivity index (χ1) is 9.47. The van der Waals surface area contributed by atoms with E-state index in [9.17, 15) is 14.9 Å². The number of nitro groups is 1. The van der Waals surface area contributed by atoms with Crippen molar-refractivity contribution in [3.63, 3.8) is 0 Å². The van der Waals surface area contributed by atoms with Gasteiger partial charge in [0.15, 0.2) is 0 Å². The number of nitrogens with one attached hydrogen (secondary N) is 1. The van der Waals surface area contributed by atoms with Gasteiger partial charge < -0.3 is 5.32 Å². The van der Waals surface area contributed by atoms with Crippen LogP contribution < -0.4 is 5.32 Å². The summed E-state index contributed by atoms with van der Waals surface area (Å²) in [6, 6.07) is 10.4. The Morgan fingerprint density at radius 3 is 2.40 bits per heavy atom. The van der Waals surface area contributed by atoms with Crippen LogP contribution in [0.15, 0.2) is 46.9 Å². The first-order valence-electron chi connectivity index (χ1n) is 5.48. The Kier molecular flexibility index (Phi) is 4.36. The van der Waals surface area contributed by atoms with Crippen molar-refractivity contribution >= 4 is 44.8 Å². The minimum atomic E-state index is -0.499. The van der Waals surface area contributed by atoms with Crippen molar-refractivity contribution in [3.8, 4) is 0 Å². The lowest BCUT2D eigenvalue weighted by atomic mass is 10.2. The van der Waals surface area contributed by atoms with E-state index in [-0.39, 0.29) is 11.6 Å². The fourth-order valence-corrected chi connectivity index (χ4v) is 2.40. The molecule has 102 valence electrons. The van der Waals surface area contributed by atoms with Gasteiger partial charge in [0.05, 0.1) is 10.5 Å². The van der Waals surface area contributed by atoms with Gasteiger partial charge in [-0.25, -0.2) is 0 Å². The summed E-state index contributed by atoms with van der Waals surface area (Å²) in [4.78, 5) is 22.1. The molecule has 7 heteroatoms. The minimum absolute atomic E-state index is 0.0318. The Morgan fingerprint density at radius 1 is 1.20 bits per heavy atom. The lowest BCUT2D eigenvalue weighted by Gasteiger charge is -2.07. The Labute approximate surface area is 127 Å². The maximum atomic E-state index is 12.0. The summed E-state index contributed by atoms with van der Waals surface area (Å²) in [5.41, 5.74) is 0.867. The highest BCUT2D eigenvalue weighted by Crippen LogP contribution is 2.23. The zero-order valence-electron chi connectivity index (χ0n) is 9.97. The number of benzene rings is 2. The van der Waals surface area contributed by atoms with Gasteiger partial charge in [-0.15, -0.1) is 0 Å². The first-order valence-corrected chi connectivity index (χ1v) is 6.65. The highest BCUT2D eigenvalue weighted by molar-refractivity contribution is 9.10. The van der Waals surface area contributed by atoms with Crippen LogP contribution in [0.2, 0.25) is 5.02 Å². The number of amides is 1. The van der Waals surface area contributed by atoms with Crippen LogP contribution in [-0.2, 0) is 0 Å². The fraction of sp³-hybridized carbons (Fsp3) is 0. The van der Waals surface area contributed by atoms with Crippen LogP contribution >= 0.6 is 27.5 Å². The van der Waals surface area contributed by atoms with Crippen molar-refractivity contribution in [1.82, 2.24) is 0 Å². The minimum Gasteiger partial charge on any atom is -0.322 e. The van der Waals surface area contributed by atoms with E-state index >= 15 is 0 Å². The molecule has 20 heavy (non-hydrogen) atoms. The number of nitro benzene ring substituents is 1. The molecule has 0 saturated heterocycles. The third-order valence-corrected chi connectivity index (χ3v) is 3.40. The van der Waals surface area contributed by atoms with E-state index in [1.165, 1.54) is 24.3 Å². The number of non-ortho nitro benzene ring substituents is 1. The maximum absolute atomic E-state index is 12.0. The number of rotatable bonds is 3. The molecule has 2 rings (SSSR count). The Morgan fingerprint density at radius 2 is 1.85 bits per heavy atom. The second-order valence-corrected chi connectivity index (χ2v) is 5.17. The molecule has 0 heterocycles. The van der Waals surface area contributed by atoms with Crippen LogP contribution in [0.5, 0.6) is 0 Å². The van der Waals surface area contributed by atoms with Gasteiger partial charge in [-0.1, -0.05) is 11.6 Å². The number of hydrogen-bond acceptors (Lipinski definition) is 3. The second-order valence-electron chi connectivity index (χ2n) is 3.88. The van der Waals surface area contributed by atoms with E-state index in [0.717, 1.165) is 0 Å². The summed E-state index contributed by atoms with van der Waals surface area (Å²) in [7, 11) is 0. The average molecular weight is 356 g/mol. The van der Waals surface area contributed by atoms with E-state index < -0.39 is 4.92 Å². The number of hydrogen-bond donors (Lipinski definition) is 1. The molecule has 0 saturated carbocycles. The maximum Gasteiger partial charge on any atom is 0.269 e.